The third kappa shape index (κ3) is 6.08. The zero-order valence-corrected chi connectivity index (χ0v) is 16.0. The average Bonchev–Trinajstić information content (AvgIpc) is 3.08. The monoisotopic (exact) mass is 392 g/mol. The quantitative estimate of drug-likeness (QED) is 0.776. The van der Waals surface area contributed by atoms with E-state index in [1.807, 2.05) is 30.1 Å². The number of carboxylic acid groups (broad SMARTS) is 1. The molecule has 27 heavy (non-hydrogen) atoms. The number of aryl methyl sites for hydroxylation is 1. The van der Waals surface area contributed by atoms with E-state index in [1.54, 1.807) is 17.1 Å². The standard InChI is InChI=1S/C18H23ClN4O.CH2O2/c1-22-11-17(21-12-22)18(24)23-7-5-14(6-8-23)16(20)10-13-3-2-4-15(19)9-13;2-1-3/h2-4,9,11-12,14,16H,5-8,10,20H2,1H3;1H,(H,2,3). The van der Waals surface area contributed by atoms with Gasteiger partial charge in [0.1, 0.15) is 5.69 Å². The number of aromatic nitrogens is 2. The molecular weight excluding hydrogens is 368 g/mol. The van der Waals surface area contributed by atoms with Crippen molar-refractivity contribution >= 4 is 24.0 Å². The third-order valence-electron chi connectivity index (χ3n) is 4.72. The van der Waals surface area contributed by atoms with E-state index in [2.05, 4.69) is 11.1 Å². The number of hydrogen-bond acceptors (Lipinski definition) is 4. The second-order valence-corrected chi connectivity index (χ2v) is 7.09. The number of rotatable bonds is 4. The number of amides is 1. The minimum absolute atomic E-state index is 0.0115. The summed E-state index contributed by atoms with van der Waals surface area (Å²) < 4.78 is 1.79. The van der Waals surface area contributed by atoms with Crippen LogP contribution in [0, 0.1) is 5.92 Å². The Morgan fingerprint density at radius 3 is 2.67 bits per heavy atom. The molecule has 1 aliphatic rings. The van der Waals surface area contributed by atoms with Crippen molar-refractivity contribution in [3.63, 3.8) is 0 Å². The van der Waals surface area contributed by atoms with Crippen molar-refractivity contribution in [3.05, 3.63) is 53.1 Å². The van der Waals surface area contributed by atoms with Crippen molar-refractivity contribution in [2.24, 2.45) is 18.7 Å². The number of imidazole rings is 1. The van der Waals surface area contributed by atoms with Crippen molar-refractivity contribution in [2.75, 3.05) is 13.1 Å². The number of nitrogens with two attached hydrogens (primary N) is 1. The summed E-state index contributed by atoms with van der Waals surface area (Å²) in [5, 5.41) is 7.63. The van der Waals surface area contributed by atoms with Crippen LogP contribution in [0.25, 0.3) is 0 Å². The molecule has 2 heterocycles. The summed E-state index contributed by atoms with van der Waals surface area (Å²) in [5.41, 5.74) is 8.09. The number of hydrogen-bond donors (Lipinski definition) is 2. The van der Waals surface area contributed by atoms with Crippen molar-refractivity contribution in [3.8, 4) is 0 Å². The maximum absolute atomic E-state index is 12.4. The van der Waals surface area contributed by atoms with Crippen LogP contribution < -0.4 is 5.73 Å². The first kappa shape index (κ1) is 20.9. The molecule has 0 saturated carbocycles. The summed E-state index contributed by atoms with van der Waals surface area (Å²) in [6.07, 6.45) is 6.10. The van der Waals surface area contributed by atoms with Crippen molar-refractivity contribution in [2.45, 2.75) is 25.3 Å². The Morgan fingerprint density at radius 2 is 2.11 bits per heavy atom. The lowest BCUT2D eigenvalue weighted by Crippen LogP contribution is -2.44. The minimum Gasteiger partial charge on any atom is -0.483 e. The maximum Gasteiger partial charge on any atom is 0.290 e. The van der Waals surface area contributed by atoms with E-state index in [-0.39, 0.29) is 18.4 Å². The third-order valence-corrected chi connectivity index (χ3v) is 4.95. The lowest BCUT2D eigenvalue weighted by molar-refractivity contribution is -0.122. The number of benzene rings is 1. The molecule has 1 saturated heterocycles. The van der Waals surface area contributed by atoms with E-state index in [0.717, 1.165) is 37.4 Å². The van der Waals surface area contributed by atoms with E-state index in [9.17, 15) is 4.79 Å². The molecular formula is C19H25ClN4O3. The van der Waals surface area contributed by atoms with Gasteiger partial charge >= 0.3 is 0 Å². The van der Waals surface area contributed by atoms with Crippen LogP contribution in [0.1, 0.15) is 28.9 Å². The van der Waals surface area contributed by atoms with Crippen LogP contribution in [-0.4, -0.2) is 51.1 Å². The van der Waals surface area contributed by atoms with Crippen molar-refractivity contribution < 1.29 is 14.7 Å². The highest BCUT2D eigenvalue weighted by Gasteiger charge is 2.28. The first-order valence-corrected chi connectivity index (χ1v) is 9.17. The molecule has 2 aromatic rings. The van der Waals surface area contributed by atoms with Crippen LogP contribution in [0.2, 0.25) is 5.02 Å². The predicted octanol–water partition coefficient (Wildman–Crippen LogP) is 2.20. The Morgan fingerprint density at radius 1 is 1.44 bits per heavy atom. The summed E-state index contributed by atoms with van der Waals surface area (Å²) in [4.78, 5) is 26.8. The smallest absolute Gasteiger partial charge is 0.290 e. The van der Waals surface area contributed by atoms with Gasteiger partial charge in [0, 0.05) is 37.4 Å². The normalized spacial score (nSPS) is 15.6. The summed E-state index contributed by atoms with van der Waals surface area (Å²) >= 11 is 6.04. The van der Waals surface area contributed by atoms with Gasteiger partial charge in [0.15, 0.2) is 0 Å². The maximum atomic E-state index is 12.4. The SMILES string of the molecule is Cn1cnc(C(=O)N2CCC(C(N)Cc3cccc(Cl)c3)CC2)c1.O=CO. The fourth-order valence-corrected chi connectivity index (χ4v) is 3.53. The van der Waals surface area contributed by atoms with Gasteiger partial charge in [-0.15, -0.1) is 0 Å². The lowest BCUT2D eigenvalue weighted by Gasteiger charge is -2.34. The van der Waals surface area contributed by atoms with Gasteiger partial charge in [-0.05, 0) is 42.9 Å². The first-order chi connectivity index (χ1) is 12.9. The van der Waals surface area contributed by atoms with Gasteiger partial charge in [-0.25, -0.2) is 4.98 Å². The molecule has 146 valence electrons. The summed E-state index contributed by atoms with van der Waals surface area (Å²) in [6.45, 7) is 1.23. The Labute approximate surface area is 163 Å². The minimum atomic E-state index is -0.250. The Balaban J connectivity index is 0.000000817. The molecule has 8 heteroatoms. The van der Waals surface area contributed by atoms with E-state index < -0.39 is 0 Å². The van der Waals surface area contributed by atoms with E-state index in [0.29, 0.717) is 11.6 Å². The molecule has 1 unspecified atom stereocenters. The van der Waals surface area contributed by atoms with Gasteiger partial charge in [-0.1, -0.05) is 23.7 Å². The van der Waals surface area contributed by atoms with Gasteiger partial charge in [0.25, 0.3) is 12.4 Å². The van der Waals surface area contributed by atoms with E-state index >= 15 is 0 Å². The molecule has 1 aliphatic heterocycles. The highest BCUT2D eigenvalue weighted by molar-refractivity contribution is 6.30. The largest absolute Gasteiger partial charge is 0.483 e. The van der Waals surface area contributed by atoms with Gasteiger partial charge in [0.05, 0.1) is 6.33 Å². The Kier molecular flexibility index (Phi) is 7.82. The summed E-state index contributed by atoms with van der Waals surface area (Å²) in [5.74, 6) is 0.439. The number of carbonyl (C=O) groups is 2. The van der Waals surface area contributed by atoms with Crippen LogP contribution in [0.4, 0.5) is 0 Å². The molecule has 1 aromatic heterocycles. The zero-order valence-electron chi connectivity index (χ0n) is 15.3. The van der Waals surface area contributed by atoms with Crippen molar-refractivity contribution in [1.82, 2.24) is 14.5 Å². The van der Waals surface area contributed by atoms with Crippen LogP contribution in [-0.2, 0) is 18.3 Å². The van der Waals surface area contributed by atoms with Crippen LogP contribution in [0.5, 0.6) is 0 Å². The molecule has 1 fully saturated rings. The summed E-state index contributed by atoms with van der Waals surface area (Å²) in [6, 6.07) is 7.96. The van der Waals surface area contributed by atoms with Gasteiger partial charge < -0.3 is 20.3 Å². The summed E-state index contributed by atoms with van der Waals surface area (Å²) in [7, 11) is 1.87. The van der Waals surface area contributed by atoms with Crippen LogP contribution >= 0.6 is 11.6 Å². The van der Waals surface area contributed by atoms with Crippen LogP contribution in [0.15, 0.2) is 36.8 Å². The molecule has 7 nitrogen and oxygen atoms in total. The molecule has 3 rings (SSSR count). The second-order valence-electron chi connectivity index (χ2n) is 6.66. The highest BCUT2D eigenvalue weighted by Crippen LogP contribution is 2.23. The molecule has 1 atom stereocenters. The number of piperidine rings is 1. The number of likely N-dealkylation sites (tertiary alicyclic amines) is 1. The average molecular weight is 393 g/mol. The number of carbonyl (C=O) groups excluding carboxylic acids is 1. The highest BCUT2D eigenvalue weighted by atomic mass is 35.5. The second kappa shape index (κ2) is 10.1. The topological polar surface area (TPSA) is 101 Å². The number of halogens is 1. The Bertz CT molecular complexity index is 757. The number of nitrogens with zero attached hydrogens (tertiary/aromatic N) is 3. The zero-order chi connectivity index (χ0) is 19.8. The fourth-order valence-electron chi connectivity index (χ4n) is 3.32. The van der Waals surface area contributed by atoms with Gasteiger partial charge in [-0.3, -0.25) is 9.59 Å². The molecule has 3 N–H and O–H groups in total. The van der Waals surface area contributed by atoms with Crippen molar-refractivity contribution in [1.29, 1.82) is 0 Å². The van der Waals surface area contributed by atoms with Crippen LogP contribution in [0.3, 0.4) is 0 Å². The molecule has 1 amide bonds. The molecule has 1 aromatic carbocycles. The molecule has 0 radical (unpaired) electrons. The first-order valence-electron chi connectivity index (χ1n) is 8.79. The molecule has 0 aliphatic carbocycles. The van der Waals surface area contributed by atoms with Gasteiger partial charge in [0.2, 0.25) is 0 Å². The Hall–Kier alpha value is -2.38. The van der Waals surface area contributed by atoms with E-state index in [4.69, 9.17) is 27.2 Å². The molecule has 0 bridgehead atoms. The van der Waals surface area contributed by atoms with E-state index in [1.165, 1.54) is 5.56 Å². The fraction of sp³-hybridized carbons (Fsp3) is 0.421. The molecule has 0 spiro atoms. The predicted molar refractivity (Wildman–Crippen MR) is 104 cm³/mol. The lowest BCUT2D eigenvalue weighted by atomic mass is 9.86. The van der Waals surface area contributed by atoms with Gasteiger partial charge in [-0.2, -0.15) is 0 Å².